The molecule has 4 heterocycles. The summed E-state index contributed by atoms with van der Waals surface area (Å²) in [6.07, 6.45) is 7.55. The van der Waals surface area contributed by atoms with E-state index >= 15 is 0 Å². The van der Waals surface area contributed by atoms with Crippen LogP contribution in [-0.4, -0.2) is 49.9 Å². The van der Waals surface area contributed by atoms with Crippen molar-refractivity contribution in [3.8, 4) is 17.3 Å². The number of amides is 1. The lowest BCUT2D eigenvalue weighted by atomic mass is 10.1. The number of rotatable bonds is 7. The number of para-hydroxylation sites is 1. The topological polar surface area (TPSA) is 94.9 Å². The lowest BCUT2D eigenvalue weighted by Crippen LogP contribution is -2.32. The molecule has 3 aromatic heterocycles. The van der Waals surface area contributed by atoms with Crippen LogP contribution in [0.2, 0.25) is 0 Å². The molecule has 5 rings (SSSR count). The van der Waals surface area contributed by atoms with Crippen LogP contribution in [0.4, 0.5) is 0 Å². The molecular weight excluding hydrogens is 434 g/mol. The second-order valence-electron chi connectivity index (χ2n) is 8.50. The van der Waals surface area contributed by atoms with Gasteiger partial charge in [0.2, 0.25) is 17.6 Å². The van der Waals surface area contributed by atoms with Crippen molar-refractivity contribution in [2.24, 2.45) is 0 Å². The summed E-state index contributed by atoms with van der Waals surface area (Å²) in [4.78, 5) is 37.1. The third-order valence-corrected chi connectivity index (χ3v) is 6.39. The van der Waals surface area contributed by atoms with Crippen LogP contribution in [0.25, 0.3) is 17.4 Å². The number of nitrogens with zero attached hydrogens (tertiary/aromatic N) is 5. The first kappa shape index (κ1) is 21.9. The number of fused-ring (bicyclic) bond motifs is 1. The van der Waals surface area contributed by atoms with Gasteiger partial charge in [-0.2, -0.15) is 0 Å². The summed E-state index contributed by atoms with van der Waals surface area (Å²) in [5.74, 6) is 1.63. The van der Waals surface area contributed by atoms with Crippen LogP contribution >= 0.6 is 0 Å². The highest BCUT2D eigenvalue weighted by Crippen LogP contribution is 2.23. The Kier molecular flexibility index (Phi) is 5.91. The normalized spacial score (nSPS) is 13.6. The zero-order chi connectivity index (χ0) is 23.7. The zero-order valence-electron chi connectivity index (χ0n) is 19.4. The molecule has 0 N–H and O–H groups in total. The van der Waals surface area contributed by atoms with Crippen molar-refractivity contribution in [2.45, 2.75) is 39.2 Å². The second kappa shape index (κ2) is 9.17. The zero-order valence-corrected chi connectivity index (χ0v) is 19.4. The predicted molar refractivity (Wildman–Crippen MR) is 126 cm³/mol. The molecule has 1 fully saturated rings. The van der Waals surface area contributed by atoms with E-state index in [0.717, 1.165) is 37.2 Å². The molecule has 1 aliphatic heterocycles. The monoisotopic (exact) mass is 461 g/mol. The number of aromatic nitrogens is 4. The predicted octanol–water partition coefficient (Wildman–Crippen LogP) is 2.88. The smallest absolute Gasteiger partial charge is 0.262 e. The minimum absolute atomic E-state index is 0.0177. The number of benzene rings is 1. The van der Waals surface area contributed by atoms with Gasteiger partial charge in [0.1, 0.15) is 17.7 Å². The molecule has 0 radical (unpaired) electrons. The fraction of sp³-hybridized carbons (Fsp3) is 0.360. The maximum atomic E-state index is 13.5. The van der Waals surface area contributed by atoms with Crippen LogP contribution < -0.4 is 10.3 Å². The lowest BCUT2D eigenvalue weighted by Gasteiger charge is -2.16. The summed E-state index contributed by atoms with van der Waals surface area (Å²) in [6, 6.07) is 7.85. The molecule has 0 atom stereocenters. The number of aryl methyl sites for hydroxylation is 3. The van der Waals surface area contributed by atoms with E-state index in [2.05, 4.69) is 4.98 Å². The fourth-order valence-corrected chi connectivity index (χ4v) is 4.59. The first-order chi connectivity index (χ1) is 16.6. The Labute approximate surface area is 196 Å². The highest BCUT2D eigenvalue weighted by molar-refractivity contribution is 5.79. The molecule has 4 aromatic rings. The molecule has 1 saturated heterocycles. The van der Waals surface area contributed by atoms with E-state index in [1.807, 2.05) is 40.7 Å². The van der Waals surface area contributed by atoms with Gasteiger partial charge in [0.05, 0.1) is 25.4 Å². The van der Waals surface area contributed by atoms with E-state index in [1.165, 1.54) is 6.26 Å². The summed E-state index contributed by atoms with van der Waals surface area (Å²) in [7, 11) is 1.65. The van der Waals surface area contributed by atoms with Crippen molar-refractivity contribution in [1.29, 1.82) is 0 Å². The van der Waals surface area contributed by atoms with Gasteiger partial charge in [-0.1, -0.05) is 18.2 Å². The number of oxazole rings is 1. The molecule has 9 heteroatoms. The van der Waals surface area contributed by atoms with E-state index in [0.29, 0.717) is 41.6 Å². The number of ether oxygens (including phenoxy) is 1. The Bertz CT molecular complexity index is 1380. The van der Waals surface area contributed by atoms with E-state index in [4.69, 9.17) is 14.1 Å². The molecule has 1 amide bonds. The summed E-state index contributed by atoms with van der Waals surface area (Å²) in [5, 5.41) is 0. The standard InChI is InChI=1S/C25H27N5O4/c1-17-22(23-26-10-14-34-23)27-25-29(13-9-18-7-3-4-8-20(18)33-2)16-19(24(32)30(17)25)15-21(31)28-11-5-6-12-28/h3-4,7-8,10,14,16H,5-6,9,11-13,15H2,1-2H3. The average Bonchev–Trinajstić information content (AvgIpc) is 3.62. The van der Waals surface area contributed by atoms with E-state index < -0.39 is 0 Å². The summed E-state index contributed by atoms with van der Waals surface area (Å²) in [5.41, 5.74) is 2.40. The van der Waals surface area contributed by atoms with Gasteiger partial charge in [-0.3, -0.25) is 9.59 Å². The molecule has 0 unspecified atom stereocenters. The number of methoxy groups -OCH3 is 1. The van der Waals surface area contributed by atoms with Gasteiger partial charge < -0.3 is 18.6 Å². The van der Waals surface area contributed by atoms with Gasteiger partial charge in [0.15, 0.2) is 0 Å². The van der Waals surface area contributed by atoms with E-state index in [1.54, 1.807) is 23.9 Å². The summed E-state index contributed by atoms with van der Waals surface area (Å²) < 4.78 is 14.4. The second-order valence-corrected chi connectivity index (χ2v) is 8.50. The maximum absolute atomic E-state index is 13.5. The SMILES string of the molecule is COc1ccccc1CCn1cc(CC(=O)N2CCCC2)c(=O)n2c(C)c(-c3ncco3)nc12. The molecule has 176 valence electrons. The largest absolute Gasteiger partial charge is 0.496 e. The lowest BCUT2D eigenvalue weighted by molar-refractivity contribution is -0.129. The van der Waals surface area contributed by atoms with Crippen molar-refractivity contribution in [3.05, 3.63) is 70.1 Å². The number of hydrogen-bond acceptors (Lipinski definition) is 6. The van der Waals surface area contributed by atoms with Crippen LogP contribution in [0.1, 0.15) is 29.7 Å². The summed E-state index contributed by atoms with van der Waals surface area (Å²) in [6.45, 7) is 3.87. The number of hydrogen-bond donors (Lipinski definition) is 0. The van der Waals surface area contributed by atoms with Crippen molar-refractivity contribution in [2.75, 3.05) is 20.2 Å². The van der Waals surface area contributed by atoms with Crippen LogP contribution in [-0.2, 0) is 24.2 Å². The fourth-order valence-electron chi connectivity index (χ4n) is 4.59. The Morgan fingerprint density at radius 2 is 1.97 bits per heavy atom. The quantitative estimate of drug-likeness (QED) is 0.420. The van der Waals surface area contributed by atoms with Gasteiger partial charge >= 0.3 is 0 Å². The molecule has 0 bridgehead atoms. The van der Waals surface area contributed by atoms with Gasteiger partial charge in [0.25, 0.3) is 5.56 Å². The molecule has 9 nitrogen and oxygen atoms in total. The van der Waals surface area contributed by atoms with Crippen molar-refractivity contribution >= 4 is 11.7 Å². The minimum Gasteiger partial charge on any atom is -0.496 e. The maximum Gasteiger partial charge on any atom is 0.262 e. The molecule has 0 saturated carbocycles. The van der Waals surface area contributed by atoms with Gasteiger partial charge in [-0.25, -0.2) is 14.4 Å². The Morgan fingerprint density at radius 1 is 1.18 bits per heavy atom. The van der Waals surface area contributed by atoms with Gasteiger partial charge in [-0.05, 0) is 37.8 Å². The first-order valence-electron chi connectivity index (χ1n) is 11.5. The van der Waals surface area contributed by atoms with Crippen molar-refractivity contribution < 1.29 is 13.9 Å². The Hall–Kier alpha value is -3.88. The number of likely N-dealkylation sites (tertiary alicyclic amines) is 1. The van der Waals surface area contributed by atoms with Crippen LogP contribution in [0, 0.1) is 6.92 Å². The highest BCUT2D eigenvalue weighted by Gasteiger charge is 2.23. The number of carbonyl (C=O) groups is 1. The number of imidazole rings is 1. The Balaban J connectivity index is 1.58. The van der Waals surface area contributed by atoms with Crippen molar-refractivity contribution in [3.63, 3.8) is 0 Å². The molecule has 0 spiro atoms. The molecule has 1 aromatic carbocycles. The summed E-state index contributed by atoms with van der Waals surface area (Å²) >= 11 is 0. The Morgan fingerprint density at radius 3 is 2.71 bits per heavy atom. The first-order valence-corrected chi connectivity index (χ1v) is 11.5. The van der Waals surface area contributed by atoms with Crippen LogP contribution in [0.3, 0.4) is 0 Å². The van der Waals surface area contributed by atoms with Crippen LogP contribution in [0.15, 0.2) is 52.1 Å². The molecule has 34 heavy (non-hydrogen) atoms. The average molecular weight is 462 g/mol. The van der Waals surface area contributed by atoms with E-state index in [-0.39, 0.29) is 17.9 Å². The van der Waals surface area contributed by atoms with E-state index in [9.17, 15) is 9.59 Å². The number of carbonyl (C=O) groups excluding carboxylic acids is 1. The van der Waals surface area contributed by atoms with Gasteiger partial charge in [0, 0.05) is 31.4 Å². The van der Waals surface area contributed by atoms with Crippen LogP contribution in [0.5, 0.6) is 5.75 Å². The van der Waals surface area contributed by atoms with Crippen molar-refractivity contribution in [1.82, 2.24) is 23.8 Å². The third kappa shape index (κ3) is 3.98. The molecular formula is C25H27N5O4. The van der Waals surface area contributed by atoms with Gasteiger partial charge in [-0.15, -0.1) is 0 Å². The molecule has 1 aliphatic rings. The minimum atomic E-state index is -0.237. The third-order valence-electron chi connectivity index (χ3n) is 6.39. The highest BCUT2D eigenvalue weighted by atomic mass is 16.5. The molecule has 0 aliphatic carbocycles.